The Bertz CT molecular complexity index is 557. The number of hydrogen-bond acceptors (Lipinski definition) is 4. The van der Waals surface area contributed by atoms with Gasteiger partial charge in [0.15, 0.2) is 0 Å². The summed E-state index contributed by atoms with van der Waals surface area (Å²) in [4.78, 5) is 17.1. The number of rotatable bonds is 5. The van der Waals surface area contributed by atoms with Gasteiger partial charge in [-0.25, -0.2) is 9.78 Å². The van der Waals surface area contributed by atoms with Crippen molar-refractivity contribution >= 4 is 17.4 Å². The Hall–Kier alpha value is -2.08. The normalized spacial score (nSPS) is 11.7. The fourth-order valence-electron chi connectivity index (χ4n) is 1.77. The molecule has 2 aromatic rings. The summed E-state index contributed by atoms with van der Waals surface area (Å²) in [5, 5.41) is 7.68. The van der Waals surface area contributed by atoms with E-state index in [2.05, 4.69) is 15.6 Å². The van der Waals surface area contributed by atoms with Crippen molar-refractivity contribution in [2.75, 3.05) is 7.11 Å². The Morgan fingerprint density at radius 1 is 1.45 bits per heavy atom. The van der Waals surface area contributed by atoms with Crippen molar-refractivity contribution in [3.05, 3.63) is 46.3 Å². The molecule has 2 N–H and O–H groups in total. The molecule has 0 saturated heterocycles. The van der Waals surface area contributed by atoms with Gasteiger partial charge in [-0.2, -0.15) is 0 Å². The highest BCUT2D eigenvalue weighted by Crippen LogP contribution is 2.18. The zero-order valence-corrected chi connectivity index (χ0v) is 12.2. The van der Waals surface area contributed by atoms with Gasteiger partial charge in [0.25, 0.3) is 0 Å². The van der Waals surface area contributed by atoms with Gasteiger partial charge in [-0.15, -0.1) is 11.3 Å². The minimum absolute atomic E-state index is 0.00852. The summed E-state index contributed by atoms with van der Waals surface area (Å²) in [6.07, 6.45) is 1.65. The number of ether oxygens (including phenoxy) is 1. The molecular formula is C14H17N3O2S. The second kappa shape index (κ2) is 6.91. The lowest BCUT2D eigenvalue weighted by Gasteiger charge is -2.14. The third-order valence-electron chi connectivity index (χ3n) is 2.80. The maximum Gasteiger partial charge on any atom is 0.315 e. The third-order valence-corrected chi connectivity index (χ3v) is 3.86. The van der Waals surface area contributed by atoms with Crippen LogP contribution in [-0.4, -0.2) is 18.1 Å². The number of nitrogens with one attached hydrogen (secondary N) is 2. The first-order valence-corrected chi connectivity index (χ1v) is 7.14. The first kappa shape index (κ1) is 14.3. The lowest BCUT2D eigenvalue weighted by atomic mass is 10.2. The molecule has 0 aromatic carbocycles. The number of pyridine rings is 1. The van der Waals surface area contributed by atoms with Crippen molar-refractivity contribution in [2.45, 2.75) is 19.5 Å². The molecule has 106 valence electrons. The molecule has 20 heavy (non-hydrogen) atoms. The Balaban J connectivity index is 1.86. The van der Waals surface area contributed by atoms with E-state index in [0.717, 1.165) is 10.4 Å². The van der Waals surface area contributed by atoms with Gasteiger partial charge in [-0.1, -0.05) is 12.1 Å². The number of carbonyl (C=O) groups excluding carboxylic acids is 1. The average molecular weight is 291 g/mol. The highest BCUT2D eigenvalue weighted by atomic mass is 32.1. The summed E-state index contributed by atoms with van der Waals surface area (Å²) in [6.45, 7) is 2.33. The zero-order chi connectivity index (χ0) is 14.4. The monoisotopic (exact) mass is 291 g/mol. The lowest BCUT2D eigenvalue weighted by molar-refractivity contribution is 0.237. The number of thiophene rings is 1. The van der Waals surface area contributed by atoms with Crippen molar-refractivity contribution < 1.29 is 9.53 Å². The second-order valence-electron chi connectivity index (χ2n) is 4.24. The SMILES string of the molecule is COc1ncccc1CNC(=O)N[C@H](C)c1cccs1. The second-order valence-corrected chi connectivity index (χ2v) is 5.22. The number of urea groups is 1. The van der Waals surface area contributed by atoms with Crippen LogP contribution in [0.2, 0.25) is 0 Å². The van der Waals surface area contributed by atoms with E-state index in [4.69, 9.17) is 4.74 Å². The topological polar surface area (TPSA) is 63.2 Å². The van der Waals surface area contributed by atoms with Gasteiger partial charge >= 0.3 is 6.03 Å². The molecule has 0 spiro atoms. The summed E-state index contributed by atoms with van der Waals surface area (Å²) < 4.78 is 5.14. The molecule has 6 heteroatoms. The van der Waals surface area contributed by atoms with E-state index in [1.54, 1.807) is 24.6 Å². The van der Waals surface area contributed by atoms with Crippen LogP contribution >= 0.6 is 11.3 Å². The smallest absolute Gasteiger partial charge is 0.315 e. The molecular weight excluding hydrogens is 274 g/mol. The molecule has 0 aliphatic heterocycles. The molecule has 0 fully saturated rings. The fourth-order valence-corrected chi connectivity index (χ4v) is 2.51. The van der Waals surface area contributed by atoms with Crippen molar-refractivity contribution in [3.8, 4) is 5.88 Å². The zero-order valence-electron chi connectivity index (χ0n) is 11.4. The molecule has 0 bridgehead atoms. The van der Waals surface area contributed by atoms with Gasteiger partial charge in [0.1, 0.15) is 0 Å². The number of amides is 2. The Labute approximate surface area is 122 Å². The third kappa shape index (κ3) is 3.71. The van der Waals surface area contributed by atoms with E-state index < -0.39 is 0 Å². The standard InChI is InChI=1S/C14H17N3O2S/c1-10(12-6-4-8-20-12)17-14(18)16-9-11-5-3-7-15-13(11)19-2/h3-8,10H,9H2,1-2H3,(H2,16,17,18)/t10-/m1/s1. The number of aromatic nitrogens is 1. The van der Waals surface area contributed by atoms with Gasteiger partial charge in [-0.3, -0.25) is 0 Å². The van der Waals surface area contributed by atoms with Crippen LogP contribution in [0.5, 0.6) is 5.88 Å². The van der Waals surface area contributed by atoms with Crippen molar-refractivity contribution in [2.24, 2.45) is 0 Å². The molecule has 2 rings (SSSR count). The van der Waals surface area contributed by atoms with Crippen LogP contribution in [0.3, 0.4) is 0 Å². The molecule has 1 atom stereocenters. The van der Waals surface area contributed by atoms with Crippen molar-refractivity contribution in [1.82, 2.24) is 15.6 Å². The van der Waals surface area contributed by atoms with E-state index in [-0.39, 0.29) is 12.1 Å². The largest absolute Gasteiger partial charge is 0.481 e. The molecule has 2 aromatic heterocycles. The summed E-state index contributed by atoms with van der Waals surface area (Å²) >= 11 is 1.62. The van der Waals surface area contributed by atoms with Gasteiger partial charge in [-0.05, 0) is 24.4 Å². The predicted octanol–water partition coefficient (Wildman–Crippen LogP) is 2.71. The summed E-state index contributed by atoms with van der Waals surface area (Å²) in [5.74, 6) is 0.527. The quantitative estimate of drug-likeness (QED) is 0.890. The Morgan fingerprint density at radius 2 is 2.30 bits per heavy atom. The maximum absolute atomic E-state index is 11.8. The molecule has 2 heterocycles. The number of methoxy groups -OCH3 is 1. The molecule has 5 nitrogen and oxygen atoms in total. The van der Waals surface area contributed by atoms with Crippen LogP contribution < -0.4 is 15.4 Å². The van der Waals surface area contributed by atoms with E-state index in [9.17, 15) is 4.79 Å². The van der Waals surface area contributed by atoms with E-state index in [1.807, 2.05) is 36.6 Å². The molecule has 0 unspecified atom stereocenters. The number of carbonyl (C=O) groups is 1. The maximum atomic E-state index is 11.8. The van der Waals surface area contributed by atoms with E-state index in [1.165, 1.54) is 0 Å². The van der Waals surface area contributed by atoms with E-state index >= 15 is 0 Å². The Kier molecular flexibility index (Phi) is 4.95. The summed E-state index contributed by atoms with van der Waals surface area (Å²) in [6, 6.07) is 7.43. The predicted molar refractivity (Wildman–Crippen MR) is 78.9 cm³/mol. The first-order valence-electron chi connectivity index (χ1n) is 6.26. The minimum Gasteiger partial charge on any atom is -0.481 e. The van der Waals surface area contributed by atoms with Gasteiger partial charge < -0.3 is 15.4 Å². The van der Waals surface area contributed by atoms with Gasteiger partial charge in [0, 0.05) is 23.2 Å². The number of hydrogen-bond donors (Lipinski definition) is 2. The minimum atomic E-state index is -0.211. The van der Waals surface area contributed by atoms with Crippen LogP contribution in [0.25, 0.3) is 0 Å². The molecule has 0 radical (unpaired) electrons. The number of nitrogens with zero attached hydrogens (tertiary/aromatic N) is 1. The van der Waals surface area contributed by atoms with Crippen molar-refractivity contribution in [3.63, 3.8) is 0 Å². The van der Waals surface area contributed by atoms with Crippen LogP contribution in [-0.2, 0) is 6.54 Å². The summed E-state index contributed by atoms with van der Waals surface area (Å²) in [5.41, 5.74) is 0.842. The fraction of sp³-hybridized carbons (Fsp3) is 0.286. The van der Waals surface area contributed by atoms with Crippen molar-refractivity contribution in [1.29, 1.82) is 0 Å². The van der Waals surface area contributed by atoms with Gasteiger partial charge in [0.05, 0.1) is 13.2 Å². The Morgan fingerprint density at radius 3 is 3.00 bits per heavy atom. The molecule has 0 aliphatic rings. The summed E-state index contributed by atoms with van der Waals surface area (Å²) in [7, 11) is 1.56. The molecule has 0 aliphatic carbocycles. The van der Waals surface area contributed by atoms with Crippen LogP contribution in [0.4, 0.5) is 4.79 Å². The van der Waals surface area contributed by atoms with E-state index in [0.29, 0.717) is 12.4 Å². The molecule has 2 amide bonds. The highest BCUT2D eigenvalue weighted by Gasteiger charge is 2.10. The van der Waals surface area contributed by atoms with Crippen LogP contribution in [0.1, 0.15) is 23.4 Å². The molecule has 0 saturated carbocycles. The lowest BCUT2D eigenvalue weighted by Crippen LogP contribution is -2.36. The van der Waals surface area contributed by atoms with Gasteiger partial charge in [0.2, 0.25) is 5.88 Å². The highest BCUT2D eigenvalue weighted by molar-refractivity contribution is 7.10. The van der Waals surface area contributed by atoms with Crippen LogP contribution in [0, 0.1) is 0 Å². The first-order chi connectivity index (χ1) is 9.70. The average Bonchev–Trinajstić information content (AvgIpc) is 2.99. The van der Waals surface area contributed by atoms with Crippen LogP contribution in [0.15, 0.2) is 35.8 Å².